The Morgan fingerprint density at radius 3 is 1.95 bits per heavy atom. The molecule has 0 aliphatic carbocycles. The second kappa shape index (κ2) is 5.19. The van der Waals surface area contributed by atoms with Crippen molar-refractivity contribution in [2.24, 2.45) is 0 Å². The molecule has 0 unspecified atom stereocenters. The van der Waals surface area contributed by atoms with E-state index in [1.54, 1.807) is 0 Å². The molecule has 0 fully saturated rings. The fourth-order valence-electron chi connectivity index (χ4n) is 3.08. The Bertz CT molecular complexity index is 918. The van der Waals surface area contributed by atoms with Crippen LogP contribution in [0.5, 0.6) is 0 Å². The van der Waals surface area contributed by atoms with Crippen LogP contribution in [0.2, 0.25) is 0 Å². The first kappa shape index (κ1) is 12.9. The Balaban J connectivity index is 2.10. The van der Waals surface area contributed by atoms with Crippen molar-refractivity contribution in [1.82, 2.24) is 4.40 Å². The molecule has 0 aliphatic heterocycles. The Hall–Kier alpha value is -2.80. The molecule has 0 bridgehead atoms. The number of fused-ring (bicyclic) bond motifs is 1. The summed E-state index contributed by atoms with van der Waals surface area (Å²) < 4.78 is 2.28. The first-order valence-corrected chi connectivity index (χ1v) is 7.56. The van der Waals surface area contributed by atoms with E-state index in [9.17, 15) is 0 Å². The van der Waals surface area contributed by atoms with Gasteiger partial charge in [0.15, 0.2) is 0 Å². The molecular formula is C21H17N. The van der Waals surface area contributed by atoms with E-state index in [1.807, 2.05) is 0 Å². The van der Waals surface area contributed by atoms with Crippen molar-refractivity contribution in [3.05, 3.63) is 90.8 Å². The number of rotatable bonds is 2. The van der Waals surface area contributed by atoms with Crippen LogP contribution < -0.4 is 0 Å². The molecule has 0 N–H and O–H groups in total. The van der Waals surface area contributed by atoms with Crippen LogP contribution >= 0.6 is 0 Å². The zero-order valence-electron chi connectivity index (χ0n) is 12.5. The molecule has 0 saturated heterocycles. The number of nitrogens with zero attached hydrogens (tertiary/aromatic N) is 1. The lowest BCUT2D eigenvalue weighted by atomic mass is 9.98. The van der Waals surface area contributed by atoms with E-state index < -0.39 is 0 Å². The highest BCUT2D eigenvalue weighted by Gasteiger charge is 2.14. The number of hydrogen-bond acceptors (Lipinski definition) is 0. The summed E-state index contributed by atoms with van der Waals surface area (Å²) in [6.07, 6.45) is 2.25. The molecule has 0 aliphatic rings. The van der Waals surface area contributed by atoms with Crippen molar-refractivity contribution in [3.8, 4) is 22.3 Å². The molecule has 1 nitrogen and oxygen atoms in total. The van der Waals surface area contributed by atoms with Crippen LogP contribution in [0.15, 0.2) is 85.1 Å². The summed E-state index contributed by atoms with van der Waals surface area (Å²) in [7, 11) is 0. The van der Waals surface area contributed by atoms with Crippen LogP contribution in [-0.2, 0) is 0 Å². The average molecular weight is 283 g/mol. The SMILES string of the molecule is Cc1cccc2c(-c3ccccc3)c(-c3ccccc3)cn12. The van der Waals surface area contributed by atoms with E-state index >= 15 is 0 Å². The van der Waals surface area contributed by atoms with E-state index in [-0.39, 0.29) is 0 Å². The van der Waals surface area contributed by atoms with Crippen LogP contribution in [-0.4, -0.2) is 4.40 Å². The van der Waals surface area contributed by atoms with E-state index in [0.29, 0.717) is 0 Å². The largest absolute Gasteiger partial charge is 0.320 e. The van der Waals surface area contributed by atoms with Crippen molar-refractivity contribution in [3.63, 3.8) is 0 Å². The summed E-state index contributed by atoms with van der Waals surface area (Å²) in [5.41, 5.74) is 7.59. The predicted octanol–water partition coefficient (Wildman–Crippen LogP) is 5.58. The number of aromatic nitrogens is 1. The molecule has 4 aromatic rings. The molecule has 0 amide bonds. The summed E-state index contributed by atoms with van der Waals surface area (Å²) in [5.74, 6) is 0. The fourth-order valence-corrected chi connectivity index (χ4v) is 3.08. The van der Waals surface area contributed by atoms with Crippen LogP contribution in [0.4, 0.5) is 0 Å². The van der Waals surface area contributed by atoms with Crippen molar-refractivity contribution >= 4 is 5.52 Å². The topological polar surface area (TPSA) is 4.41 Å². The molecular weight excluding hydrogens is 266 g/mol. The molecule has 2 aromatic heterocycles. The highest BCUT2D eigenvalue weighted by atomic mass is 14.9. The smallest absolute Gasteiger partial charge is 0.0537 e. The van der Waals surface area contributed by atoms with E-state index in [2.05, 4.69) is 96.4 Å². The zero-order chi connectivity index (χ0) is 14.9. The van der Waals surface area contributed by atoms with E-state index in [1.165, 1.54) is 33.5 Å². The zero-order valence-corrected chi connectivity index (χ0v) is 12.5. The Morgan fingerprint density at radius 2 is 1.27 bits per heavy atom. The van der Waals surface area contributed by atoms with E-state index in [4.69, 9.17) is 0 Å². The van der Waals surface area contributed by atoms with Gasteiger partial charge >= 0.3 is 0 Å². The summed E-state index contributed by atoms with van der Waals surface area (Å²) in [4.78, 5) is 0. The molecule has 4 rings (SSSR count). The molecule has 106 valence electrons. The third-order valence-electron chi connectivity index (χ3n) is 4.16. The van der Waals surface area contributed by atoms with Crippen LogP contribution in [0.1, 0.15) is 5.69 Å². The summed E-state index contributed by atoms with van der Waals surface area (Å²) in [6.45, 7) is 2.15. The lowest BCUT2D eigenvalue weighted by Crippen LogP contribution is -1.87. The van der Waals surface area contributed by atoms with Gasteiger partial charge in [0.1, 0.15) is 0 Å². The van der Waals surface area contributed by atoms with Crippen LogP contribution in [0, 0.1) is 6.92 Å². The van der Waals surface area contributed by atoms with Crippen molar-refractivity contribution in [1.29, 1.82) is 0 Å². The second-order valence-electron chi connectivity index (χ2n) is 5.57. The van der Waals surface area contributed by atoms with E-state index in [0.717, 1.165) is 0 Å². The van der Waals surface area contributed by atoms with Gasteiger partial charge in [-0.25, -0.2) is 0 Å². The summed E-state index contributed by atoms with van der Waals surface area (Å²) in [5, 5.41) is 0. The van der Waals surface area contributed by atoms with Gasteiger partial charge in [-0.3, -0.25) is 0 Å². The standard InChI is InChI=1S/C21H17N/c1-16-9-8-14-20-21(18-12-6-3-7-13-18)19(15-22(16)20)17-10-4-2-5-11-17/h2-15H,1H3. The third kappa shape index (κ3) is 2.03. The van der Waals surface area contributed by atoms with Gasteiger partial charge in [-0.1, -0.05) is 66.7 Å². The lowest BCUT2D eigenvalue weighted by molar-refractivity contribution is 1.10. The van der Waals surface area contributed by atoms with Gasteiger partial charge in [-0.2, -0.15) is 0 Å². The highest BCUT2D eigenvalue weighted by Crippen LogP contribution is 2.37. The lowest BCUT2D eigenvalue weighted by Gasteiger charge is -2.06. The number of pyridine rings is 1. The monoisotopic (exact) mass is 283 g/mol. The molecule has 0 spiro atoms. The minimum Gasteiger partial charge on any atom is -0.320 e. The third-order valence-corrected chi connectivity index (χ3v) is 4.16. The molecule has 0 atom stereocenters. The first-order chi connectivity index (χ1) is 10.8. The normalized spacial score (nSPS) is 11.0. The number of aryl methyl sites for hydroxylation is 1. The minimum atomic E-state index is 1.25. The van der Waals surface area contributed by atoms with Crippen molar-refractivity contribution in [2.45, 2.75) is 6.92 Å². The molecule has 0 saturated carbocycles. The predicted molar refractivity (Wildman–Crippen MR) is 93.0 cm³/mol. The maximum atomic E-state index is 2.28. The average Bonchev–Trinajstić information content (AvgIpc) is 2.97. The number of benzene rings is 2. The quantitative estimate of drug-likeness (QED) is 0.452. The summed E-state index contributed by atoms with van der Waals surface area (Å²) in [6, 6.07) is 27.7. The van der Waals surface area contributed by atoms with Gasteiger partial charge < -0.3 is 4.40 Å². The maximum absolute atomic E-state index is 2.28. The maximum Gasteiger partial charge on any atom is 0.0537 e. The molecule has 2 aromatic carbocycles. The molecule has 1 heteroatoms. The van der Waals surface area contributed by atoms with Crippen LogP contribution in [0.25, 0.3) is 27.8 Å². The molecule has 0 radical (unpaired) electrons. The van der Waals surface area contributed by atoms with Crippen molar-refractivity contribution in [2.75, 3.05) is 0 Å². The Kier molecular flexibility index (Phi) is 3.05. The first-order valence-electron chi connectivity index (χ1n) is 7.56. The van der Waals surface area contributed by atoms with Gasteiger partial charge in [0.05, 0.1) is 5.52 Å². The van der Waals surface area contributed by atoms with Gasteiger partial charge in [0.25, 0.3) is 0 Å². The fraction of sp³-hybridized carbons (Fsp3) is 0.0476. The van der Waals surface area contributed by atoms with Gasteiger partial charge in [-0.15, -0.1) is 0 Å². The Morgan fingerprint density at radius 1 is 0.636 bits per heavy atom. The Labute approximate surface area is 130 Å². The highest BCUT2D eigenvalue weighted by molar-refractivity contribution is 5.94. The second-order valence-corrected chi connectivity index (χ2v) is 5.57. The van der Waals surface area contributed by atoms with Crippen molar-refractivity contribution < 1.29 is 0 Å². The van der Waals surface area contributed by atoms with Gasteiger partial charge in [0, 0.05) is 23.0 Å². The number of hydrogen-bond donors (Lipinski definition) is 0. The van der Waals surface area contributed by atoms with Crippen LogP contribution in [0.3, 0.4) is 0 Å². The summed E-state index contributed by atoms with van der Waals surface area (Å²) >= 11 is 0. The van der Waals surface area contributed by atoms with Gasteiger partial charge in [0.2, 0.25) is 0 Å². The van der Waals surface area contributed by atoms with Gasteiger partial charge in [-0.05, 0) is 30.2 Å². The molecule has 2 heterocycles. The molecule has 22 heavy (non-hydrogen) atoms. The minimum absolute atomic E-state index is 1.25.